The third-order valence-corrected chi connectivity index (χ3v) is 7.43. The van der Waals surface area contributed by atoms with Gasteiger partial charge in [0, 0.05) is 36.6 Å². The molecule has 2 aromatic carbocycles. The average Bonchev–Trinajstić information content (AvgIpc) is 2.84. The molecule has 0 unspecified atom stereocenters. The zero-order chi connectivity index (χ0) is 25.0. The van der Waals surface area contributed by atoms with E-state index in [-0.39, 0.29) is 48.3 Å². The second-order valence-electron chi connectivity index (χ2n) is 9.47. The number of nitrogens with one attached hydrogen (secondary N) is 1. The predicted octanol–water partition coefficient (Wildman–Crippen LogP) is 2.49. The van der Waals surface area contributed by atoms with Crippen LogP contribution >= 0.6 is 11.6 Å². The molecule has 0 saturated carbocycles. The van der Waals surface area contributed by atoms with Gasteiger partial charge in [-0.3, -0.25) is 9.59 Å². The molecule has 2 atom stereocenters. The topological polar surface area (TPSA) is 99.1 Å². The fourth-order valence-electron chi connectivity index (χ4n) is 4.88. The quantitative estimate of drug-likeness (QED) is 0.583. The van der Waals surface area contributed by atoms with E-state index >= 15 is 0 Å². The zero-order valence-corrected chi connectivity index (χ0v) is 20.1. The summed E-state index contributed by atoms with van der Waals surface area (Å²) in [4.78, 5) is 27.0. The lowest BCUT2D eigenvalue weighted by molar-refractivity contribution is -0.134. The largest absolute Gasteiger partial charge is 0.483 e. The van der Waals surface area contributed by atoms with Crippen molar-refractivity contribution in [2.45, 2.75) is 44.3 Å². The molecule has 0 bridgehead atoms. The van der Waals surface area contributed by atoms with E-state index in [9.17, 15) is 24.2 Å². The molecule has 2 amide bonds. The number of carbonyl (C=O) groups is 2. The smallest absolute Gasteiger partial charge is 0.257 e. The summed E-state index contributed by atoms with van der Waals surface area (Å²) < 4.78 is 19.8. The maximum atomic E-state index is 14.1. The highest BCUT2D eigenvalue weighted by atomic mass is 35.5. The molecule has 0 aliphatic carbocycles. The predicted molar refractivity (Wildman–Crippen MR) is 129 cm³/mol. The number of likely N-dealkylation sites (tertiary alicyclic amines) is 1. The normalized spacial score (nSPS) is 22.9. The molecule has 0 radical (unpaired) electrons. The number of benzene rings is 2. The standard InChI is InChI=1S/C26H30ClFN2O5/c27-19-5-3-6-20(28)18(19)13-25(34)30-10-8-26(9-11-30)14-22(32)21(31)12-17-4-1-2-7-23(17)35-15-24(33)29-16-26/h1-7,21-22,31-32H,8-16H2,(H,29,33)/t21-,22+/m0/s1. The Balaban J connectivity index is 1.45. The van der Waals surface area contributed by atoms with Gasteiger partial charge in [0.05, 0.1) is 18.6 Å². The van der Waals surface area contributed by atoms with Gasteiger partial charge in [0.15, 0.2) is 6.61 Å². The summed E-state index contributed by atoms with van der Waals surface area (Å²) in [6, 6.07) is 11.5. The van der Waals surface area contributed by atoms with Crippen LogP contribution in [0.2, 0.25) is 5.02 Å². The Morgan fingerprint density at radius 3 is 2.63 bits per heavy atom. The van der Waals surface area contributed by atoms with E-state index in [2.05, 4.69) is 5.32 Å². The number of fused-ring (bicyclic) bond motifs is 1. The summed E-state index contributed by atoms with van der Waals surface area (Å²) in [7, 11) is 0. The molecular formula is C26H30ClFN2O5. The Bertz CT molecular complexity index is 1050. The lowest BCUT2D eigenvalue weighted by Gasteiger charge is -2.43. The van der Waals surface area contributed by atoms with Crippen molar-refractivity contribution < 1.29 is 28.9 Å². The van der Waals surface area contributed by atoms with E-state index in [0.29, 0.717) is 43.8 Å². The minimum atomic E-state index is -1.01. The van der Waals surface area contributed by atoms with Crippen LogP contribution in [-0.4, -0.2) is 65.4 Å². The van der Waals surface area contributed by atoms with Crippen LogP contribution in [0.15, 0.2) is 42.5 Å². The van der Waals surface area contributed by atoms with Crippen LogP contribution in [0.1, 0.15) is 30.4 Å². The number of amides is 2. The number of piperidine rings is 1. The highest BCUT2D eigenvalue weighted by Crippen LogP contribution is 2.37. The molecule has 4 rings (SSSR count). The first-order valence-corrected chi connectivity index (χ1v) is 12.2. The van der Waals surface area contributed by atoms with Crippen LogP contribution in [-0.2, 0) is 22.4 Å². The highest BCUT2D eigenvalue weighted by molar-refractivity contribution is 6.31. The molecule has 0 aromatic heterocycles. The van der Waals surface area contributed by atoms with Crippen LogP contribution in [0.5, 0.6) is 5.75 Å². The number of halogens is 2. The number of rotatable bonds is 2. The van der Waals surface area contributed by atoms with Crippen LogP contribution in [0.3, 0.4) is 0 Å². The summed E-state index contributed by atoms with van der Waals surface area (Å²) in [6.07, 6.45) is -0.639. The number of hydrogen-bond acceptors (Lipinski definition) is 5. The Morgan fingerprint density at radius 2 is 1.89 bits per heavy atom. The Kier molecular flexibility index (Phi) is 7.94. The van der Waals surface area contributed by atoms with Gasteiger partial charge >= 0.3 is 0 Å². The van der Waals surface area contributed by atoms with Crippen LogP contribution in [0.4, 0.5) is 4.39 Å². The van der Waals surface area contributed by atoms with Crippen molar-refractivity contribution in [2.24, 2.45) is 5.41 Å². The first-order chi connectivity index (χ1) is 16.8. The van der Waals surface area contributed by atoms with E-state index in [1.807, 2.05) is 6.07 Å². The van der Waals surface area contributed by atoms with Crippen molar-refractivity contribution in [2.75, 3.05) is 26.2 Å². The SMILES string of the molecule is O=C1COc2ccccc2C[C@H](O)[C@H](O)CC2(CCN(C(=O)Cc3c(F)cccc3Cl)CC2)CN1. The molecule has 2 aromatic rings. The molecule has 2 aliphatic heterocycles. The second kappa shape index (κ2) is 10.9. The summed E-state index contributed by atoms with van der Waals surface area (Å²) in [6.45, 7) is 0.924. The van der Waals surface area contributed by atoms with Gasteiger partial charge in [-0.1, -0.05) is 35.9 Å². The lowest BCUT2D eigenvalue weighted by atomic mass is 9.73. The Hall–Kier alpha value is -2.68. The third kappa shape index (κ3) is 6.12. The molecule has 188 valence electrons. The van der Waals surface area contributed by atoms with Crippen molar-refractivity contribution in [3.63, 3.8) is 0 Å². The van der Waals surface area contributed by atoms with Crippen LogP contribution in [0, 0.1) is 11.2 Å². The number of ether oxygens (including phenoxy) is 1. The van der Waals surface area contributed by atoms with Gasteiger partial charge < -0.3 is 25.2 Å². The molecule has 3 N–H and O–H groups in total. The van der Waals surface area contributed by atoms with Gasteiger partial charge in [-0.2, -0.15) is 0 Å². The fraction of sp³-hybridized carbons (Fsp3) is 0.462. The van der Waals surface area contributed by atoms with Crippen molar-refractivity contribution in [1.82, 2.24) is 10.2 Å². The number of nitrogens with zero attached hydrogens (tertiary/aromatic N) is 1. The maximum Gasteiger partial charge on any atom is 0.257 e. The van der Waals surface area contributed by atoms with Crippen molar-refractivity contribution >= 4 is 23.4 Å². The zero-order valence-electron chi connectivity index (χ0n) is 19.4. The lowest BCUT2D eigenvalue weighted by Crippen LogP contribution is -2.51. The van der Waals surface area contributed by atoms with Gasteiger partial charge in [-0.15, -0.1) is 0 Å². The van der Waals surface area contributed by atoms with Crippen LogP contribution in [0.25, 0.3) is 0 Å². The number of aliphatic hydroxyl groups is 2. The summed E-state index contributed by atoms with van der Waals surface area (Å²) in [5.41, 5.74) is 0.395. The molecule has 1 fully saturated rings. The summed E-state index contributed by atoms with van der Waals surface area (Å²) in [5, 5.41) is 24.7. The Morgan fingerprint density at radius 1 is 1.14 bits per heavy atom. The molecule has 2 aliphatic rings. The van der Waals surface area contributed by atoms with Gasteiger partial charge in [-0.05, 0) is 48.4 Å². The van der Waals surface area contributed by atoms with Crippen molar-refractivity contribution in [1.29, 1.82) is 0 Å². The third-order valence-electron chi connectivity index (χ3n) is 7.07. The van der Waals surface area contributed by atoms with Crippen LogP contribution < -0.4 is 10.1 Å². The van der Waals surface area contributed by atoms with Gasteiger partial charge in [0.25, 0.3) is 5.91 Å². The molecule has 1 spiro atoms. The molecule has 1 saturated heterocycles. The highest BCUT2D eigenvalue weighted by Gasteiger charge is 2.39. The van der Waals surface area contributed by atoms with E-state index in [1.165, 1.54) is 12.1 Å². The average molecular weight is 505 g/mol. The summed E-state index contributed by atoms with van der Waals surface area (Å²) >= 11 is 6.08. The van der Waals surface area contributed by atoms with Gasteiger partial charge in [0.1, 0.15) is 11.6 Å². The van der Waals surface area contributed by atoms with E-state index < -0.39 is 23.4 Å². The summed E-state index contributed by atoms with van der Waals surface area (Å²) in [5.74, 6) is -0.509. The van der Waals surface area contributed by atoms with E-state index in [0.717, 1.165) is 0 Å². The molecule has 2 heterocycles. The van der Waals surface area contributed by atoms with Crippen molar-refractivity contribution in [3.8, 4) is 5.75 Å². The number of para-hydroxylation sites is 1. The number of carbonyl (C=O) groups excluding carboxylic acids is 2. The Labute approximate surface area is 208 Å². The van der Waals surface area contributed by atoms with E-state index in [4.69, 9.17) is 16.3 Å². The maximum absolute atomic E-state index is 14.1. The molecule has 9 heteroatoms. The van der Waals surface area contributed by atoms with E-state index in [1.54, 1.807) is 29.2 Å². The van der Waals surface area contributed by atoms with Gasteiger partial charge in [-0.25, -0.2) is 4.39 Å². The molecule has 35 heavy (non-hydrogen) atoms. The first-order valence-electron chi connectivity index (χ1n) is 11.8. The van der Waals surface area contributed by atoms with Gasteiger partial charge in [0.2, 0.25) is 5.91 Å². The minimum Gasteiger partial charge on any atom is -0.483 e. The number of aliphatic hydroxyl groups excluding tert-OH is 2. The number of hydrogen-bond donors (Lipinski definition) is 3. The fourth-order valence-corrected chi connectivity index (χ4v) is 5.11. The van der Waals surface area contributed by atoms with Crippen molar-refractivity contribution in [3.05, 3.63) is 64.4 Å². The molecule has 7 nitrogen and oxygen atoms in total. The first kappa shape index (κ1) is 25.4. The second-order valence-corrected chi connectivity index (χ2v) is 9.88. The molecular weight excluding hydrogens is 475 g/mol. The monoisotopic (exact) mass is 504 g/mol. The minimum absolute atomic E-state index is 0.132.